The van der Waals surface area contributed by atoms with Gasteiger partial charge in [-0.2, -0.15) is 0 Å². The van der Waals surface area contributed by atoms with Crippen molar-refractivity contribution in [2.75, 3.05) is 14.2 Å². The van der Waals surface area contributed by atoms with E-state index in [2.05, 4.69) is 15.6 Å². The lowest BCUT2D eigenvalue weighted by molar-refractivity contribution is -0.121. The molecule has 116 valence electrons. The van der Waals surface area contributed by atoms with Crippen molar-refractivity contribution in [3.63, 3.8) is 0 Å². The fourth-order valence-corrected chi connectivity index (χ4v) is 1.95. The molecule has 0 radical (unpaired) electrons. The predicted molar refractivity (Wildman–Crippen MR) is 76.8 cm³/mol. The number of aromatic nitrogens is 3. The number of carbonyl (C=O) groups is 2. The number of hydrogen-bond acceptors (Lipinski definition) is 5. The quantitative estimate of drug-likeness (QED) is 0.796. The third-order valence-electron chi connectivity index (χ3n) is 3.14. The largest absolute Gasteiger partial charge is 0.497 e. The van der Waals surface area contributed by atoms with Gasteiger partial charge in [-0.1, -0.05) is 17.3 Å². The van der Waals surface area contributed by atoms with Gasteiger partial charge in [0.2, 0.25) is 5.91 Å². The van der Waals surface area contributed by atoms with E-state index in [0.29, 0.717) is 17.9 Å². The molecule has 2 N–H and O–H groups in total. The van der Waals surface area contributed by atoms with Gasteiger partial charge in [-0.15, -0.1) is 5.10 Å². The van der Waals surface area contributed by atoms with E-state index in [-0.39, 0.29) is 18.1 Å². The Morgan fingerprint density at radius 1 is 1.32 bits per heavy atom. The highest BCUT2D eigenvalue weighted by molar-refractivity contribution is 5.86. The van der Waals surface area contributed by atoms with Crippen LogP contribution in [-0.2, 0) is 17.8 Å². The summed E-state index contributed by atoms with van der Waals surface area (Å²) in [5, 5.41) is 19.1. The molecule has 1 aromatic heterocycles. The number of carbonyl (C=O) groups excluding carboxylic acids is 1. The summed E-state index contributed by atoms with van der Waals surface area (Å²) >= 11 is 0. The molecule has 0 saturated carbocycles. The zero-order valence-electron chi connectivity index (χ0n) is 12.2. The summed E-state index contributed by atoms with van der Waals surface area (Å²) in [6.45, 7) is -0.0811. The molecule has 0 saturated heterocycles. The molecule has 22 heavy (non-hydrogen) atoms. The molecule has 0 unspecified atom stereocenters. The molecule has 0 spiro atoms. The van der Waals surface area contributed by atoms with Crippen molar-refractivity contribution in [1.82, 2.24) is 20.3 Å². The molecule has 1 aromatic carbocycles. The fourth-order valence-electron chi connectivity index (χ4n) is 1.95. The number of carboxylic acid groups (broad SMARTS) is 1. The lowest BCUT2D eigenvalue weighted by Crippen LogP contribution is -2.25. The van der Waals surface area contributed by atoms with E-state index in [0.717, 1.165) is 5.56 Å². The Hall–Kier alpha value is -2.90. The molecular formula is C14H16N4O4. The molecule has 1 heterocycles. The smallest absolute Gasteiger partial charge is 0.358 e. The number of benzene rings is 1. The summed E-state index contributed by atoms with van der Waals surface area (Å²) in [6, 6.07) is 7.20. The lowest BCUT2D eigenvalue weighted by atomic mass is 10.1. The molecule has 2 rings (SSSR count). The van der Waals surface area contributed by atoms with Crippen molar-refractivity contribution in [1.29, 1.82) is 0 Å². The van der Waals surface area contributed by atoms with Crippen molar-refractivity contribution in [3.05, 3.63) is 41.2 Å². The van der Waals surface area contributed by atoms with Crippen LogP contribution >= 0.6 is 0 Å². The molecule has 0 aliphatic carbocycles. The summed E-state index contributed by atoms with van der Waals surface area (Å²) in [6.07, 6.45) is 0.301. The first-order valence-electron chi connectivity index (χ1n) is 6.54. The number of amides is 1. The van der Waals surface area contributed by atoms with Crippen molar-refractivity contribution >= 4 is 11.9 Å². The van der Waals surface area contributed by atoms with Gasteiger partial charge in [0, 0.05) is 13.5 Å². The molecule has 0 aliphatic heterocycles. The van der Waals surface area contributed by atoms with Crippen molar-refractivity contribution in [2.24, 2.45) is 0 Å². The zero-order chi connectivity index (χ0) is 16.1. The summed E-state index contributed by atoms with van der Waals surface area (Å²) in [4.78, 5) is 22.7. The monoisotopic (exact) mass is 304 g/mol. The Bertz CT molecular complexity index is 679. The molecular weight excluding hydrogens is 288 g/mol. The third kappa shape index (κ3) is 3.40. The van der Waals surface area contributed by atoms with Gasteiger partial charge in [-0.05, 0) is 17.7 Å². The van der Waals surface area contributed by atoms with Crippen LogP contribution in [0.4, 0.5) is 0 Å². The minimum atomic E-state index is -1.17. The number of carboxylic acids is 1. The van der Waals surface area contributed by atoms with Crippen LogP contribution in [0.15, 0.2) is 24.3 Å². The van der Waals surface area contributed by atoms with E-state index in [4.69, 9.17) is 4.74 Å². The van der Waals surface area contributed by atoms with E-state index >= 15 is 0 Å². The summed E-state index contributed by atoms with van der Waals surface area (Å²) < 4.78 is 6.38. The highest BCUT2D eigenvalue weighted by atomic mass is 16.5. The van der Waals surface area contributed by atoms with Crippen LogP contribution in [0.1, 0.15) is 21.7 Å². The summed E-state index contributed by atoms with van der Waals surface area (Å²) in [5.41, 5.74) is 1.09. The van der Waals surface area contributed by atoms with Crippen molar-refractivity contribution in [3.8, 4) is 5.75 Å². The van der Waals surface area contributed by atoms with Crippen molar-refractivity contribution in [2.45, 2.75) is 13.0 Å². The van der Waals surface area contributed by atoms with Gasteiger partial charge in [0.15, 0.2) is 5.69 Å². The topological polar surface area (TPSA) is 106 Å². The number of ether oxygens (including phenoxy) is 1. The number of rotatable bonds is 6. The normalized spacial score (nSPS) is 10.3. The van der Waals surface area contributed by atoms with E-state index in [1.807, 2.05) is 12.1 Å². The van der Waals surface area contributed by atoms with Crippen LogP contribution in [0.3, 0.4) is 0 Å². The SMILES string of the molecule is CNC(=O)Cn1nnc(C(=O)O)c1Cc1ccc(OC)cc1. The number of methoxy groups -OCH3 is 1. The first-order valence-corrected chi connectivity index (χ1v) is 6.54. The minimum absolute atomic E-state index is 0.0811. The maximum absolute atomic E-state index is 11.5. The Labute approximate surface area is 126 Å². The first kappa shape index (κ1) is 15.5. The molecule has 0 atom stereocenters. The molecule has 1 amide bonds. The minimum Gasteiger partial charge on any atom is -0.497 e. The number of hydrogen-bond donors (Lipinski definition) is 2. The maximum Gasteiger partial charge on any atom is 0.358 e. The highest BCUT2D eigenvalue weighted by Crippen LogP contribution is 2.16. The van der Waals surface area contributed by atoms with Gasteiger partial charge in [0.1, 0.15) is 12.3 Å². The van der Waals surface area contributed by atoms with Gasteiger partial charge in [-0.25, -0.2) is 9.48 Å². The molecule has 2 aromatic rings. The van der Waals surface area contributed by atoms with Crippen LogP contribution in [0.5, 0.6) is 5.75 Å². The Morgan fingerprint density at radius 3 is 2.55 bits per heavy atom. The van der Waals surface area contributed by atoms with E-state index in [1.54, 1.807) is 19.2 Å². The van der Waals surface area contributed by atoms with Crippen LogP contribution in [0.25, 0.3) is 0 Å². The van der Waals surface area contributed by atoms with Crippen LogP contribution in [-0.4, -0.2) is 46.1 Å². The van der Waals surface area contributed by atoms with Gasteiger partial charge in [0.25, 0.3) is 0 Å². The second-order valence-electron chi connectivity index (χ2n) is 4.55. The van der Waals surface area contributed by atoms with E-state index in [9.17, 15) is 14.7 Å². The van der Waals surface area contributed by atoms with Gasteiger partial charge in [-0.3, -0.25) is 4.79 Å². The van der Waals surface area contributed by atoms with Gasteiger partial charge < -0.3 is 15.2 Å². The standard InChI is InChI=1S/C14H16N4O4/c1-15-12(19)8-18-11(13(14(20)21)16-17-18)7-9-3-5-10(22-2)6-4-9/h3-6H,7-8H2,1-2H3,(H,15,19)(H,20,21). The molecule has 0 bridgehead atoms. The second kappa shape index (κ2) is 6.70. The Kier molecular flexibility index (Phi) is 4.72. The van der Waals surface area contributed by atoms with E-state index in [1.165, 1.54) is 11.7 Å². The van der Waals surface area contributed by atoms with Gasteiger partial charge >= 0.3 is 5.97 Å². The summed E-state index contributed by atoms with van der Waals surface area (Å²) in [7, 11) is 3.07. The number of nitrogens with one attached hydrogen (secondary N) is 1. The summed E-state index contributed by atoms with van der Waals surface area (Å²) in [5.74, 6) is -0.747. The number of aromatic carboxylic acids is 1. The highest BCUT2D eigenvalue weighted by Gasteiger charge is 2.20. The van der Waals surface area contributed by atoms with E-state index < -0.39 is 5.97 Å². The Morgan fingerprint density at radius 2 is 2.00 bits per heavy atom. The number of likely N-dealkylation sites (N-methyl/N-ethyl adjacent to an activating group) is 1. The first-order chi connectivity index (χ1) is 10.5. The van der Waals surface area contributed by atoms with Crippen molar-refractivity contribution < 1.29 is 19.4 Å². The van der Waals surface area contributed by atoms with Crippen LogP contribution in [0, 0.1) is 0 Å². The Balaban J connectivity index is 2.31. The molecule has 8 nitrogen and oxygen atoms in total. The maximum atomic E-state index is 11.5. The third-order valence-corrected chi connectivity index (χ3v) is 3.14. The van der Waals surface area contributed by atoms with Crippen LogP contribution in [0.2, 0.25) is 0 Å². The molecule has 0 fully saturated rings. The average Bonchev–Trinajstić information content (AvgIpc) is 2.90. The predicted octanol–water partition coefficient (Wildman–Crippen LogP) is 0.322. The second-order valence-corrected chi connectivity index (χ2v) is 4.55. The fraction of sp³-hybridized carbons (Fsp3) is 0.286. The van der Waals surface area contributed by atoms with Crippen LogP contribution < -0.4 is 10.1 Å². The average molecular weight is 304 g/mol. The molecule has 0 aliphatic rings. The molecule has 8 heteroatoms. The zero-order valence-corrected chi connectivity index (χ0v) is 12.2. The lowest BCUT2D eigenvalue weighted by Gasteiger charge is -2.07. The number of nitrogens with zero attached hydrogens (tertiary/aromatic N) is 3. The van der Waals surface area contributed by atoms with Gasteiger partial charge in [0.05, 0.1) is 12.8 Å².